The van der Waals surface area contributed by atoms with E-state index in [9.17, 15) is 9.59 Å². The first kappa shape index (κ1) is 20.7. The normalized spacial score (nSPS) is 19.9. The highest BCUT2D eigenvalue weighted by Gasteiger charge is 2.30. The maximum atomic E-state index is 13.1. The van der Waals surface area contributed by atoms with Crippen LogP contribution in [0.4, 0.5) is 5.69 Å². The number of rotatable bonds is 4. The number of hydrogen-bond acceptors (Lipinski definition) is 5. The van der Waals surface area contributed by atoms with E-state index in [2.05, 4.69) is 15.6 Å². The summed E-state index contributed by atoms with van der Waals surface area (Å²) in [6, 6.07) is 6.72. The van der Waals surface area contributed by atoms with E-state index in [1.54, 1.807) is 11.2 Å². The SMILES string of the molecule is N#CNC(=NC1CCCCN(CC(=O)N2CCCC2)C1=O)Nc1ccc2occc2c1. The highest BCUT2D eigenvalue weighted by Crippen LogP contribution is 2.21. The van der Waals surface area contributed by atoms with Gasteiger partial charge in [-0.25, -0.2) is 4.99 Å². The molecule has 0 bridgehead atoms. The van der Waals surface area contributed by atoms with E-state index in [1.807, 2.05) is 35.4 Å². The minimum Gasteiger partial charge on any atom is -0.464 e. The van der Waals surface area contributed by atoms with Crippen LogP contribution < -0.4 is 10.6 Å². The predicted molar refractivity (Wildman–Crippen MR) is 116 cm³/mol. The summed E-state index contributed by atoms with van der Waals surface area (Å²) in [6.07, 6.45) is 7.76. The van der Waals surface area contributed by atoms with Crippen LogP contribution in [-0.2, 0) is 9.59 Å². The van der Waals surface area contributed by atoms with Crippen LogP contribution in [0.3, 0.4) is 0 Å². The second-order valence-electron chi connectivity index (χ2n) is 7.87. The number of benzene rings is 1. The Hall–Kier alpha value is -3.54. The minimum absolute atomic E-state index is 0.00241. The van der Waals surface area contributed by atoms with Crippen LogP contribution in [0.1, 0.15) is 32.1 Å². The van der Waals surface area contributed by atoms with Crippen molar-refractivity contribution < 1.29 is 14.0 Å². The van der Waals surface area contributed by atoms with Gasteiger partial charge < -0.3 is 19.5 Å². The van der Waals surface area contributed by atoms with Crippen molar-refractivity contribution in [2.24, 2.45) is 4.99 Å². The Kier molecular flexibility index (Phi) is 6.36. The topological polar surface area (TPSA) is 114 Å². The molecule has 1 aromatic carbocycles. The van der Waals surface area contributed by atoms with Gasteiger partial charge in [0.1, 0.15) is 11.6 Å². The van der Waals surface area contributed by atoms with Gasteiger partial charge in [0.05, 0.1) is 12.8 Å². The highest BCUT2D eigenvalue weighted by atomic mass is 16.3. The van der Waals surface area contributed by atoms with Gasteiger partial charge in [0, 0.05) is 30.7 Å². The number of anilines is 1. The number of furan rings is 1. The van der Waals surface area contributed by atoms with Gasteiger partial charge in [-0.05, 0) is 56.4 Å². The number of likely N-dealkylation sites (tertiary alicyclic amines) is 2. The number of carbonyl (C=O) groups excluding carboxylic acids is 2. The van der Waals surface area contributed by atoms with Crippen molar-refractivity contribution in [1.29, 1.82) is 5.26 Å². The fourth-order valence-corrected chi connectivity index (χ4v) is 4.08. The lowest BCUT2D eigenvalue weighted by Gasteiger charge is -2.25. The van der Waals surface area contributed by atoms with Gasteiger partial charge in [0.2, 0.25) is 17.8 Å². The van der Waals surface area contributed by atoms with Crippen molar-refractivity contribution in [1.82, 2.24) is 15.1 Å². The van der Waals surface area contributed by atoms with E-state index in [0.717, 1.165) is 55.4 Å². The molecule has 0 saturated carbocycles. The molecule has 3 heterocycles. The maximum Gasteiger partial charge on any atom is 0.247 e. The molecule has 2 saturated heterocycles. The predicted octanol–water partition coefficient (Wildman–Crippen LogP) is 2.27. The van der Waals surface area contributed by atoms with E-state index >= 15 is 0 Å². The fraction of sp³-hybridized carbons (Fsp3) is 0.455. The largest absolute Gasteiger partial charge is 0.464 e. The van der Waals surface area contributed by atoms with Gasteiger partial charge in [0.25, 0.3) is 0 Å². The lowest BCUT2D eigenvalue weighted by Crippen LogP contribution is -2.45. The molecule has 9 heteroatoms. The van der Waals surface area contributed by atoms with Gasteiger partial charge >= 0.3 is 0 Å². The number of amides is 2. The summed E-state index contributed by atoms with van der Waals surface area (Å²) in [5.41, 5.74) is 1.48. The Labute approximate surface area is 180 Å². The van der Waals surface area contributed by atoms with Crippen molar-refractivity contribution in [3.8, 4) is 6.19 Å². The van der Waals surface area contributed by atoms with Gasteiger partial charge in [0.15, 0.2) is 6.19 Å². The maximum absolute atomic E-state index is 13.1. The van der Waals surface area contributed by atoms with Crippen LogP contribution in [0, 0.1) is 11.5 Å². The zero-order valence-electron chi connectivity index (χ0n) is 17.3. The van der Waals surface area contributed by atoms with Crippen LogP contribution >= 0.6 is 0 Å². The molecule has 0 spiro atoms. The summed E-state index contributed by atoms with van der Waals surface area (Å²) in [5.74, 6) is 0.0307. The summed E-state index contributed by atoms with van der Waals surface area (Å²) in [6.45, 7) is 2.18. The first-order valence-electron chi connectivity index (χ1n) is 10.7. The molecule has 2 fully saturated rings. The fourth-order valence-electron chi connectivity index (χ4n) is 4.08. The van der Waals surface area contributed by atoms with Crippen molar-refractivity contribution in [2.75, 3.05) is 31.5 Å². The molecule has 4 rings (SSSR count). The first-order chi connectivity index (χ1) is 15.1. The third-order valence-corrected chi connectivity index (χ3v) is 5.71. The molecule has 1 aromatic heterocycles. The second kappa shape index (κ2) is 9.51. The monoisotopic (exact) mass is 422 g/mol. The van der Waals surface area contributed by atoms with E-state index in [0.29, 0.717) is 13.0 Å². The number of guanidine groups is 1. The lowest BCUT2D eigenvalue weighted by atomic mass is 10.1. The average molecular weight is 422 g/mol. The molecule has 1 unspecified atom stereocenters. The molecular weight excluding hydrogens is 396 g/mol. The van der Waals surface area contributed by atoms with Gasteiger partial charge in [-0.3, -0.25) is 14.9 Å². The average Bonchev–Trinajstić information content (AvgIpc) is 3.43. The van der Waals surface area contributed by atoms with Gasteiger partial charge in [-0.1, -0.05) is 0 Å². The first-order valence-corrected chi connectivity index (χ1v) is 10.7. The van der Waals surface area contributed by atoms with Crippen LogP contribution in [0.25, 0.3) is 11.0 Å². The van der Waals surface area contributed by atoms with E-state index in [4.69, 9.17) is 9.68 Å². The minimum atomic E-state index is -0.644. The van der Waals surface area contributed by atoms with E-state index in [1.165, 1.54) is 0 Å². The highest BCUT2D eigenvalue weighted by molar-refractivity contribution is 5.98. The van der Waals surface area contributed by atoms with Crippen molar-refractivity contribution in [3.05, 3.63) is 30.5 Å². The molecule has 2 aliphatic heterocycles. The van der Waals surface area contributed by atoms with Crippen molar-refractivity contribution in [3.63, 3.8) is 0 Å². The number of aliphatic imine (C=N–C) groups is 1. The summed E-state index contributed by atoms with van der Waals surface area (Å²) >= 11 is 0. The molecule has 0 aliphatic carbocycles. The zero-order valence-corrected chi connectivity index (χ0v) is 17.3. The number of nitriles is 1. The number of nitrogens with one attached hydrogen (secondary N) is 2. The molecule has 2 N–H and O–H groups in total. The summed E-state index contributed by atoms with van der Waals surface area (Å²) in [7, 11) is 0. The molecule has 0 radical (unpaired) electrons. The lowest BCUT2D eigenvalue weighted by molar-refractivity contribution is -0.140. The van der Waals surface area contributed by atoms with Crippen molar-refractivity contribution >= 4 is 34.4 Å². The summed E-state index contributed by atoms with van der Waals surface area (Å²) < 4.78 is 5.35. The third-order valence-electron chi connectivity index (χ3n) is 5.71. The van der Waals surface area contributed by atoms with Crippen LogP contribution in [-0.4, -0.2) is 59.8 Å². The zero-order chi connectivity index (χ0) is 21.6. The van der Waals surface area contributed by atoms with E-state index in [-0.39, 0.29) is 24.3 Å². The Morgan fingerprint density at radius 3 is 2.81 bits per heavy atom. The Morgan fingerprint density at radius 2 is 2.00 bits per heavy atom. The number of hydrogen-bond donors (Lipinski definition) is 2. The molecule has 1 atom stereocenters. The third kappa shape index (κ3) is 4.97. The van der Waals surface area contributed by atoms with Crippen LogP contribution in [0.2, 0.25) is 0 Å². The van der Waals surface area contributed by atoms with Crippen LogP contribution in [0.15, 0.2) is 39.9 Å². The summed E-state index contributed by atoms with van der Waals surface area (Å²) in [5, 5.41) is 15.7. The molecule has 2 aliphatic rings. The molecular formula is C22H26N6O3. The van der Waals surface area contributed by atoms with Crippen molar-refractivity contribution in [2.45, 2.75) is 38.1 Å². The molecule has 2 aromatic rings. The molecule has 31 heavy (non-hydrogen) atoms. The van der Waals surface area contributed by atoms with Crippen LogP contribution in [0.5, 0.6) is 0 Å². The smallest absolute Gasteiger partial charge is 0.247 e. The van der Waals surface area contributed by atoms with E-state index < -0.39 is 6.04 Å². The second-order valence-corrected chi connectivity index (χ2v) is 7.87. The number of carbonyl (C=O) groups is 2. The molecule has 162 valence electrons. The number of fused-ring (bicyclic) bond motifs is 1. The quantitative estimate of drug-likeness (QED) is 0.338. The van der Waals surface area contributed by atoms with Gasteiger partial charge in [-0.2, -0.15) is 5.26 Å². The Morgan fingerprint density at radius 1 is 1.19 bits per heavy atom. The summed E-state index contributed by atoms with van der Waals surface area (Å²) in [4.78, 5) is 33.6. The van der Waals surface area contributed by atoms with Gasteiger partial charge in [-0.15, -0.1) is 0 Å². The molecule has 2 amide bonds. The Balaban J connectivity index is 1.48. The Bertz CT molecular complexity index is 1020. The standard InChI is InChI=1S/C22H26N6O3/c23-15-24-22(25-17-6-7-19-16(13-17)8-12-31-19)26-18-5-1-2-11-28(21(18)30)14-20(29)27-9-3-4-10-27/h6-8,12-13,18H,1-5,9-11,14H2,(H2,24,25,26). The number of nitrogens with zero attached hydrogens (tertiary/aromatic N) is 4. The molecule has 9 nitrogen and oxygen atoms in total.